The Morgan fingerprint density at radius 3 is 2.40 bits per heavy atom. The van der Waals surface area contributed by atoms with Gasteiger partial charge in [0.05, 0.1) is 14.2 Å². The van der Waals surface area contributed by atoms with Crippen molar-refractivity contribution in [3.63, 3.8) is 0 Å². The third-order valence-electron chi connectivity index (χ3n) is 1.78. The summed E-state index contributed by atoms with van der Waals surface area (Å²) in [6.45, 7) is 0. The average Bonchev–Trinajstić information content (AvgIpc) is 2.28. The monoisotopic (exact) mass is 233 g/mol. The van der Waals surface area contributed by atoms with E-state index in [-0.39, 0.29) is 10.6 Å². The number of hydrogen-bond donors (Lipinski definition) is 2. The molecule has 0 aliphatic heterocycles. The van der Waals surface area contributed by atoms with Crippen LogP contribution in [-0.2, 0) is 10.0 Å². The molecule has 7 heteroatoms. The summed E-state index contributed by atoms with van der Waals surface area (Å²) in [6, 6.07) is 4.13. The molecule has 0 radical (unpaired) electrons. The molecule has 0 saturated carbocycles. The summed E-state index contributed by atoms with van der Waals surface area (Å²) in [5.41, 5.74) is 0. The molecule has 0 saturated heterocycles. The van der Waals surface area contributed by atoms with Crippen LogP contribution in [0.4, 0.5) is 0 Å². The van der Waals surface area contributed by atoms with E-state index in [1.165, 1.54) is 37.3 Å². The zero-order valence-corrected chi connectivity index (χ0v) is 9.04. The van der Waals surface area contributed by atoms with Crippen LogP contribution in [0.2, 0.25) is 0 Å². The van der Waals surface area contributed by atoms with Gasteiger partial charge in [-0.2, -0.15) is 0 Å². The van der Waals surface area contributed by atoms with E-state index in [0.717, 1.165) is 0 Å². The maximum atomic E-state index is 11.3. The minimum atomic E-state index is -3.94. The van der Waals surface area contributed by atoms with Crippen molar-refractivity contribution in [3.05, 3.63) is 18.2 Å². The highest BCUT2D eigenvalue weighted by Crippen LogP contribution is 2.27. The maximum absolute atomic E-state index is 11.3. The number of hydrogen-bond acceptors (Lipinski definition) is 5. The fraction of sp³-hybridized carbons (Fsp3) is 0.250. The molecule has 0 aliphatic rings. The number of ether oxygens (including phenoxy) is 2. The molecule has 15 heavy (non-hydrogen) atoms. The van der Waals surface area contributed by atoms with Crippen molar-refractivity contribution >= 4 is 10.0 Å². The largest absolute Gasteiger partial charge is 0.497 e. The Bertz CT molecular complexity index is 442. The molecule has 6 nitrogen and oxygen atoms in total. The van der Waals surface area contributed by atoms with Gasteiger partial charge in [0.2, 0.25) is 0 Å². The van der Waals surface area contributed by atoms with Crippen LogP contribution in [0.1, 0.15) is 0 Å². The van der Waals surface area contributed by atoms with E-state index in [9.17, 15) is 8.42 Å². The Balaban J connectivity index is 3.31. The van der Waals surface area contributed by atoms with Crippen molar-refractivity contribution in [2.45, 2.75) is 4.90 Å². The predicted octanol–water partition coefficient (Wildman–Crippen LogP) is 0.371. The van der Waals surface area contributed by atoms with Crippen LogP contribution in [0.25, 0.3) is 0 Å². The molecule has 0 fully saturated rings. The van der Waals surface area contributed by atoms with Gasteiger partial charge >= 0.3 is 0 Å². The lowest BCUT2D eigenvalue weighted by atomic mass is 10.3. The Morgan fingerprint density at radius 2 is 1.93 bits per heavy atom. The Hall–Kier alpha value is -1.31. The molecule has 0 unspecified atom stereocenters. The molecule has 0 amide bonds. The predicted molar refractivity (Wildman–Crippen MR) is 51.7 cm³/mol. The number of sulfonamides is 1. The standard InChI is InChI=1S/C8H11NO5S/c1-13-6-3-4-8(7(5-6)14-2)15(11,12)9-10/h3-5,9-10H,1-2H3. The molecule has 0 aromatic heterocycles. The van der Waals surface area contributed by atoms with Crippen LogP contribution in [0.5, 0.6) is 11.5 Å². The van der Waals surface area contributed by atoms with Crippen molar-refractivity contribution in [1.29, 1.82) is 0 Å². The normalized spacial score (nSPS) is 11.1. The highest BCUT2D eigenvalue weighted by Gasteiger charge is 2.18. The first-order chi connectivity index (χ1) is 7.05. The fourth-order valence-electron chi connectivity index (χ4n) is 1.05. The topological polar surface area (TPSA) is 84.9 Å². The van der Waals surface area contributed by atoms with E-state index in [4.69, 9.17) is 14.7 Å². The fourth-order valence-corrected chi connectivity index (χ4v) is 1.80. The lowest BCUT2D eigenvalue weighted by Crippen LogP contribution is -2.20. The first-order valence-corrected chi connectivity index (χ1v) is 5.41. The van der Waals surface area contributed by atoms with Crippen molar-refractivity contribution in [1.82, 2.24) is 4.89 Å². The summed E-state index contributed by atoms with van der Waals surface area (Å²) in [6.07, 6.45) is 0. The molecule has 1 aromatic carbocycles. The summed E-state index contributed by atoms with van der Waals surface area (Å²) in [7, 11) is -1.16. The molecule has 0 bridgehead atoms. The van der Waals surface area contributed by atoms with Gasteiger partial charge < -0.3 is 14.7 Å². The van der Waals surface area contributed by atoms with Crippen molar-refractivity contribution < 1.29 is 23.1 Å². The van der Waals surface area contributed by atoms with Crippen LogP contribution in [0.3, 0.4) is 0 Å². The first kappa shape index (κ1) is 11.8. The van der Waals surface area contributed by atoms with Crippen LogP contribution in [-0.4, -0.2) is 27.8 Å². The van der Waals surface area contributed by atoms with E-state index in [0.29, 0.717) is 5.75 Å². The van der Waals surface area contributed by atoms with Gasteiger partial charge in [0, 0.05) is 6.07 Å². The quantitative estimate of drug-likeness (QED) is 0.734. The SMILES string of the molecule is COc1ccc(S(=O)(=O)NO)c(OC)c1. The Morgan fingerprint density at radius 1 is 1.27 bits per heavy atom. The highest BCUT2D eigenvalue weighted by molar-refractivity contribution is 7.89. The summed E-state index contributed by atoms with van der Waals surface area (Å²) >= 11 is 0. The number of methoxy groups -OCH3 is 2. The van der Waals surface area contributed by atoms with E-state index in [1.54, 1.807) is 0 Å². The molecular formula is C8H11NO5S. The van der Waals surface area contributed by atoms with Gasteiger partial charge in [-0.1, -0.05) is 4.89 Å². The van der Waals surface area contributed by atoms with Gasteiger partial charge in [0.15, 0.2) is 0 Å². The van der Waals surface area contributed by atoms with Crippen molar-refractivity contribution in [2.75, 3.05) is 14.2 Å². The lowest BCUT2D eigenvalue weighted by Gasteiger charge is -2.09. The molecule has 0 atom stereocenters. The van der Waals surface area contributed by atoms with Crippen LogP contribution < -0.4 is 14.4 Å². The van der Waals surface area contributed by atoms with Crippen LogP contribution in [0.15, 0.2) is 23.1 Å². The average molecular weight is 233 g/mol. The second kappa shape index (κ2) is 4.47. The lowest BCUT2D eigenvalue weighted by molar-refractivity contribution is 0.242. The summed E-state index contributed by atoms with van der Waals surface area (Å²) in [4.78, 5) is 1.06. The van der Waals surface area contributed by atoms with E-state index in [1.807, 2.05) is 0 Å². The molecule has 0 heterocycles. The van der Waals surface area contributed by atoms with E-state index >= 15 is 0 Å². The second-order valence-corrected chi connectivity index (χ2v) is 4.24. The summed E-state index contributed by atoms with van der Waals surface area (Å²) < 4.78 is 32.4. The molecule has 0 aliphatic carbocycles. The number of rotatable bonds is 4. The minimum Gasteiger partial charge on any atom is -0.497 e. The van der Waals surface area contributed by atoms with Gasteiger partial charge in [0.1, 0.15) is 16.4 Å². The Labute approximate surface area is 87.4 Å². The highest BCUT2D eigenvalue weighted by atomic mass is 32.2. The van der Waals surface area contributed by atoms with E-state index < -0.39 is 10.0 Å². The van der Waals surface area contributed by atoms with Gasteiger partial charge in [-0.15, -0.1) is 0 Å². The smallest absolute Gasteiger partial charge is 0.265 e. The summed E-state index contributed by atoms with van der Waals surface area (Å²) in [5.74, 6) is 0.555. The molecular weight excluding hydrogens is 222 g/mol. The minimum absolute atomic E-state index is 0.0934. The maximum Gasteiger partial charge on any atom is 0.265 e. The third-order valence-corrected chi connectivity index (χ3v) is 2.94. The molecule has 1 aromatic rings. The van der Waals surface area contributed by atoms with Gasteiger partial charge in [0.25, 0.3) is 10.0 Å². The van der Waals surface area contributed by atoms with Gasteiger partial charge in [-0.3, -0.25) is 0 Å². The van der Waals surface area contributed by atoms with Gasteiger partial charge in [-0.25, -0.2) is 8.42 Å². The first-order valence-electron chi connectivity index (χ1n) is 3.93. The van der Waals surface area contributed by atoms with Gasteiger partial charge in [-0.05, 0) is 12.1 Å². The molecule has 84 valence electrons. The zero-order valence-electron chi connectivity index (χ0n) is 8.22. The summed E-state index contributed by atoms with van der Waals surface area (Å²) in [5, 5.41) is 8.47. The van der Waals surface area contributed by atoms with E-state index in [2.05, 4.69) is 0 Å². The van der Waals surface area contributed by atoms with Crippen molar-refractivity contribution in [3.8, 4) is 11.5 Å². The number of benzene rings is 1. The molecule has 1 rings (SSSR count). The molecule has 2 N–H and O–H groups in total. The Kier molecular flexibility index (Phi) is 3.51. The van der Waals surface area contributed by atoms with Crippen LogP contribution >= 0.6 is 0 Å². The second-order valence-electron chi connectivity index (χ2n) is 2.61. The third kappa shape index (κ3) is 2.38. The van der Waals surface area contributed by atoms with Crippen LogP contribution in [0, 0.1) is 0 Å². The number of nitrogens with one attached hydrogen (secondary N) is 1. The zero-order chi connectivity index (χ0) is 11.5. The van der Waals surface area contributed by atoms with Crippen molar-refractivity contribution in [2.24, 2.45) is 0 Å². The molecule has 0 spiro atoms.